The Morgan fingerprint density at radius 1 is 1.26 bits per heavy atom. The number of thioether (sulfide) groups is 2. The number of fused-ring (bicyclic) bond motifs is 2. The van der Waals surface area contributed by atoms with Gasteiger partial charge in [-0.1, -0.05) is 17.8 Å². The second-order valence-electron chi connectivity index (χ2n) is 10.2. The Balaban J connectivity index is 1.15. The maximum atomic E-state index is 11.2. The molecule has 4 heterocycles. The van der Waals surface area contributed by atoms with Gasteiger partial charge in [-0.2, -0.15) is 0 Å². The van der Waals surface area contributed by atoms with Gasteiger partial charge in [0.2, 0.25) is 6.41 Å². The summed E-state index contributed by atoms with van der Waals surface area (Å²) in [4.78, 5) is 10.8. The number of aliphatic hydroxyl groups is 3. The van der Waals surface area contributed by atoms with Crippen LogP contribution in [0.5, 0.6) is 0 Å². The SMILES string of the molecule is COC(O)N1CCC2(C1)CN(C(O)NC1=NCC(SCCC(O)N3CCC3)S1)C1CCC(Cl)C=C12. The molecule has 4 aliphatic heterocycles. The molecule has 5 rings (SSSR count). The lowest BCUT2D eigenvalue weighted by molar-refractivity contribution is -0.171. The molecule has 0 amide bonds. The third-order valence-corrected chi connectivity index (χ3v) is 10.9. The third kappa shape index (κ3) is 5.69. The van der Waals surface area contributed by atoms with Crippen molar-refractivity contribution in [3.05, 3.63) is 11.6 Å². The smallest absolute Gasteiger partial charge is 0.215 e. The Kier molecular flexibility index (Phi) is 8.60. The summed E-state index contributed by atoms with van der Waals surface area (Å²) in [6, 6.07) is 0.132. The van der Waals surface area contributed by atoms with Gasteiger partial charge in [-0.05, 0) is 43.4 Å². The number of hydrogen-bond donors (Lipinski definition) is 4. The average molecular weight is 548 g/mol. The number of rotatable bonds is 9. The lowest BCUT2D eigenvalue weighted by Crippen LogP contribution is -2.50. The lowest BCUT2D eigenvalue weighted by atomic mass is 9.76. The van der Waals surface area contributed by atoms with Crippen molar-refractivity contribution in [1.29, 1.82) is 0 Å². The molecular formula is C23H38ClN5O4S2. The lowest BCUT2D eigenvalue weighted by Gasteiger charge is -2.35. The number of halogens is 1. The van der Waals surface area contributed by atoms with Crippen LogP contribution in [0.4, 0.5) is 0 Å². The molecule has 0 aromatic carbocycles. The molecule has 0 radical (unpaired) electrons. The summed E-state index contributed by atoms with van der Waals surface area (Å²) in [5.74, 6) is 0.898. The molecule has 0 bridgehead atoms. The van der Waals surface area contributed by atoms with Gasteiger partial charge in [0, 0.05) is 51.3 Å². The Labute approximate surface area is 221 Å². The van der Waals surface area contributed by atoms with Crippen molar-refractivity contribution in [2.24, 2.45) is 10.4 Å². The molecule has 0 aromatic rings. The van der Waals surface area contributed by atoms with Crippen molar-refractivity contribution in [1.82, 2.24) is 20.0 Å². The van der Waals surface area contributed by atoms with E-state index in [4.69, 9.17) is 16.3 Å². The minimum Gasteiger partial charge on any atom is -0.378 e. The normalized spacial score (nSPS) is 36.5. The van der Waals surface area contributed by atoms with Crippen LogP contribution in [-0.2, 0) is 4.74 Å². The Morgan fingerprint density at radius 2 is 2.09 bits per heavy atom. The van der Waals surface area contributed by atoms with Crippen molar-refractivity contribution in [3.8, 4) is 0 Å². The predicted molar refractivity (Wildman–Crippen MR) is 141 cm³/mol. The maximum Gasteiger partial charge on any atom is 0.215 e. The first kappa shape index (κ1) is 26.5. The topological polar surface area (TPSA) is 104 Å². The standard InChI is InChI=1S/C23H38ClN5O4S2/c1-33-22(32)28-9-6-23(13-28)14-29(17-4-3-15(24)11-16(17)23)21(31)26-20-25-12-19(35-20)34-10-5-18(30)27-7-2-8-27/h11,15,17-19,21-22,30-32H,2-10,12-14H2,1H3,(H,25,26). The van der Waals surface area contributed by atoms with E-state index in [0.29, 0.717) is 24.2 Å². The minimum atomic E-state index is -0.911. The van der Waals surface area contributed by atoms with Crippen molar-refractivity contribution >= 4 is 40.3 Å². The highest BCUT2D eigenvalue weighted by Gasteiger charge is 2.54. The van der Waals surface area contributed by atoms with Crippen LogP contribution in [0.1, 0.15) is 32.1 Å². The van der Waals surface area contributed by atoms with Gasteiger partial charge in [0.05, 0.1) is 16.5 Å². The van der Waals surface area contributed by atoms with Gasteiger partial charge < -0.3 is 25.4 Å². The fourth-order valence-electron chi connectivity index (χ4n) is 5.99. The largest absolute Gasteiger partial charge is 0.378 e. The molecule has 0 saturated carbocycles. The zero-order chi connectivity index (χ0) is 24.6. The van der Waals surface area contributed by atoms with Crippen LogP contribution in [0.3, 0.4) is 0 Å². The highest BCUT2D eigenvalue weighted by molar-refractivity contribution is 8.25. The minimum absolute atomic E-state index is 0.0109. The van der Waals surface area contributed by atoms with Crippen molar-refractivity contribution in [2.45, 2.75) is 67.1 Å². The van der Waals surface area contributed by atoms with E-state index in [1.54, 1.807) is 11.8 Å². The highest BCUT2D eigenvalue weighted by Crippen LogP contribution is 2.50. The molecule has 3 saturated heterocycles. The summed E-state index contributed by atoms with van der Waals surface area (Å²) in [6.07, 6.45) is 4.77. The summed E-state index contributed by atoms with van der Waals surface area (Å²) in [5, 5.41) is 35.7. The first-order valence-electron chi connectivity index (χ1n) is 12.6. The van der Waals surface area contributed by atoms with E-state index in [-0.39, 0.29) is 23.1 Å². The number of methoxy groups -OCH3 is 1. The summed E-state index contributed by atoms with van der Waals surface area (Å²) in [5.41, 5.74) is 1.16. The molecule has 7 atom stereocenters. The van der Waals surface area contributed by atoms with Crippen LogP contribution in [-0.4, -0.2) is 122 Å². The zero-order valence-electron chi connectivity index (χ0n) is 20.3. The van der Waals surface area contributed by atoms with Crippen LogP contribution in [0.2, 0.25) is 0 Å². The molecule has 198 valence electrons. The first-order valence-corrected chi connectivity index (χ1v) is 15.0. The summed E-state index contributed by atoms with van der Waals surface area (Å²) in [7, 11) is 1.52. The highest BCUT2D eigenvalue weighted by atomic mass is 35.5. The predicted octanol–water partition coefficient (Wildman–Crippen LogP) is 1.05. The van der Waals surface area contributed by atoms with E-state index in [9.17, 15) is 15.3 Å². The first-order chi connectivity index (χ1) is 16.9. The molecule has 1 spiro atoms. The van der Waals surface area contributed by atoms with Gasteiger partial charge >= 0.3 is 0 Å². The van der Waals surface area contributed by atoms with Gasteiger partial charge in [-0.25, -0.2) is 0 Å². The summed E-state index contributed by atoms with van der Waals surface area (Å²) in [6.45, 7) is 4.86. The van der Waals surface area contributed by atoms with E-state index >= 15 is 0 Å². The van der Waals surface area contributed by atoms with Crippen LogP contribution < -0.4 is 5.32 Å². The van der Waals surface area contributed by atoms with E-state index in [2.05, 4.69) is 26.2 Å². The van der Waals surface area contributed by atoms with Crippen LogP contribution in [0, 0.1) is 5.41 Å². The zero-order valence-corrected chi connectivity index (χ0v) is 22.6. The van der Waals surface area contributed by atoms with Crippen LogP contribution in [0.25, 0.3) is 0 Å². The van der Waals surface area contributed by atoms with Crippen LogP contribution >= 0.6 is 35.1 Å². The van der Waals surface area contributed by atoms with Gasteiger partial charge in [-0.15, -0.1) is 23.4 Å². The second-order valence-corrected chi connectivity index (χ2v) is 13.6. The van der Waals surface area contributed by atoms with Crippen molar-refractivity contribution in [2.75, 3.05) is 52.1 Å². The number of aliphatic hydroxyl groups excluding tert-OH is 3. The number of likely N-dealkylation sites (tertiary alicyclic amines) is 3. The molecule has 0 aromatic heterocycles. The number of ether oxygens (including phenoxy) is 1. The van der Waals surface area contributed by atoms with E-state index in [1.165, 1.54) is 19.1 Å². The van der Waals surface area contributed by atoms with Crippen molar-refractivity contribution in [3.63, 3.8) is 0 Å². The molecule has 5 aliphatic rings. The van der Waals surface area contributed by atoms with Gasteiger partial charge in [0.1, 0.15) is 6.23 Å². The van der Waals surface area contributed by atoms with Gasteiger partial charge in [0.25, 0.3) is 0 Å². The van der Waals surface area contributed by atoms with Crippen LogP contribution in [0.15, 0.2) is 16.6 Å². The Bertz CT molecular complexity index is 821. The number of nitrogens with one attached hydrogen (secondary N) is 1. The van der Waals surface area contributed by atoms with E-state index < -0.39 is 12.8 Å². The Hall–Kier alpha value is -0.0800. The summed E-state index contributed by atoms with van der Waals surface area (Å²) >= 11 is 10.0. The molecule has 7 unspecified atom stereocenters. The van der Waals surface area contributed by atoms with E-state index in [0.717, 1.165) is 56.2 Å². The monoisotopic (exact) mass is 547 g/mol. The summed E-state index contributed by atoms with van der Waals surface area (Å²) < 4.78 is 5.46. The molecule has 35 heavy (non-hydrogen) atoms. The molecule has 12 heteroatoms. The number of hydrogen-bond acceptors (Lipinski definition) is 11. The molecule has 9 nitrogen and oxygen atoms in total. The molecule has 3 fully saturated rings. The Morgan fingerprint density at radius 3 is 2.83 bits per heavy atom. The second kappa shape index (κ2) is 11.3. The quantitative estimate of drug-likeness (QED) is 0.190. The average Bonchev–Trinajstić information content (AvgIpc) is 3.51. The number of aliphatic imine (C=N–C) groups is 1. The fraction of sp³-hybridized carbons (Fsp3) is 0.870. The number of nitrogens with zero attached hydrogens (tertiary/aromatic N) is 4. The maximum absolute atomic E-state index is 11.2. The molecule has 4 N–H and O–H groups in total. The molecule has 1 aliphatic carbocycles. The third-order valence-electron chi connectivity index (χ3n) is 8.03. The number of amidine groups is 1. The van der Waals surface area contributed by atoms with Gasteiger partial charge in [0.15, 0.2) is 11.5 Å². The van der Waals surface area contributed by atoms with E-state index in [1.807, 2.05) is 16.7 Å². The van der Waals surface area contributed by atoms with Gasteiger partial charge in [-0.3, -0.25) is 19.7 Å². The fourth-order valence-corrected chi connectivity index (χ4v) is 8.60. The molecular weight excluding hydrogens is 510 g/mol. The number of alkyl halides is 1. The number of allylic oxidation sites excluding steroid dienone is 1. The van der Waals surface area contributed by atoms with Crippen molar-refractivity contribution < 1.29 is 20.1 Å².